The van der Waals surface area contributed by atoms with Crippen molar-refractivity contribution < 1.29 is 17.9 Å². The average Bonchev–Trinajstić information content (AvgIpc) is 2.70. The minimum absolute atomic E-state index is 0.0513. The maximum Gasteiger partial charge on any atom is 0.255 e. The summed E-state index contributed by atoms with van der Waals surface area (Å²) < 4.78 is 34.2. The van der Waals surface area contributed by atoms with Gasteiger partial charge < -0.3 is 10.1 Å². The molecule has 0 heterocycles. The lowest BCUT2D eigenvalue weighted by molar-refractivity contribution is 0.102. The molecule has 0 radical (unpaired) electrons. The van der Waals surface area contributed by atoms with Crippen LogP contribution in [-0.4, -0.2) is 27.5 Å². The SMILES string of the molecule is COc1ccc(C(=O)Nc2ccccc2Cl)cc1S(=O)(=O)NC1CCCCC1C. The fraction of sp³-hybridized carbons (Fsp3) is 0.381. The lowest BCUT2D eigenvalue weighted by Crippen LogP contribution is -2.41. The van der Waals surface area contributed by atoms with E-state index in [0.29, 0.717) is 10.7 Å². The number of ether oxygens (including phenoxy) is 1. The number of hydrogen-bond acceptors (Lipinski definition) is 4. The van der Waals surface area contributed by atoms with Gasteiger partial charge in [-0.1, -0.05) is 43.5 Å². The Balaban J connectivity index is 1.88. The summed E-state index contributed by atoms with van der Waals surface area (Å²) in [6.45, 7) is 2.05. The zero-order valence-corrected chi connectivity index (χ0v) is 18.0. The Morgan fingerprint density at radius 2 is 1.86 bits per heavy atom. The molecule has 0 saturated heterocycles. The van der Waals surface area contributed by atoms with Crippen molar-refractivity contribution in [2.75, 3.05) is 12.4 Å². The molecule has 0 spiro atoms. The molecule has 2 aromatic carbocycles. The van der Waals surface area contributed by atoms with Crippen LogP contribution >= 0.6 is 11.6 Å². The van der Waals surface area contributed by atoms with Crippen molar-refractivity contribution >= 4 is 33.2 Å². The Kier molecular flexibility index (Phi) is 6.82. The van der Waals surface area contributed by atoms with Crippen molar-refractivity contribution in [1.82, 2.24) is 4.72 Å². The first-order valence-corrected chi connectivity index (χ1v) is 11.4. The van der Waals surface area contributed by atoms with Crippen molar-refractivity contribution in [3.05, 3.63) is 53.1 Å². The van der Waals surface area contributed by atoms with Crippen molar-refractivity contribution in [2.24, 2.45) is 5.92 Å². The van der Waals surface area contributed by atoms with Crippen molar-refractivity contribution in [1.29, 1.82) is 0 Å². The third-order valence-electron chi connectivity index (χ3n) is 5.26. The fourth-order valence-electron chi connectivity index (χ4n) is 3.54. The highest BCUT2D eigenvalue weighted by Crippen LogP contribution is 2.29. The molecular formula is C21H25ClN2O4S. The smallest absolute Gasteiger partial charge is 0.255 e. The normalized spacial score (nSPS) is 19.6. The molecule has 3 rings (SSSR count). The van der Waals surface area contributed by atoms with Gasteiger partial charge in [0.15, 0.2) is 0 Å². The second-order valence-corrected chi connectivity index (χ2v) is 9.38. The van der Waals surface area contributed by atoms with E-state index in [0.717, 1.165) is 25.7 Å². The standard InChI is InChI=1S/C21H25ClN2O4S/c1-14-7-3-5-9-17(14)24-29(26,27)20-13-15(11-12-19(20)28-2)21(25)23-18-10-6-4-8-16(18)22/h4,6,8,10-14,17,24H,3,5,7,9H2,1-2H3,(H,23,25). The monoisotopic (exact) mass is 436 g/mol. The summed E-state index contributed by atoms with van der Waals surface area (Å²) in [6, 6.07) is 11.1. The predicted molar refractivity (Wildman–Crippen MR) is 114 cm³/mol. The van der Waals surface area contributed by atoms with Crippen molar-refractivity contribution in [2.45, 2.75) is 43.5 Å². The van der Waals surface area contributed by atoms with Gasteiger partial charge in [-0.25, -0.2) is 13.1 Å². The van der Waals surface area contributed by atoms with E-state index in [1.807, 2.05) is 0 Å². The molecule has 0 aliphatic heterocycles. The van der Waals surface area contributed by atoms with E-state index in [2.05, 4.69) is 17.0 Å². The van der Waals surface area contributed by atoms with Crippen LogP contribution in [-0.2, 0) is 10.0 Å². The first-order chi connectivity index (χ1) is 13.8. The molecule has 2 aromatic rings. The van der Waals surface area contributed by atoms with Crippen molar-refractivity contribution in [3.8, 4) is 5.75 Å². The average molecular weight is 437 g/mol. The third kappa shape index (κ3) is 5.10. The number of halogens is 1. The summed E-state index contributed by atoms with van der Waals surface area (Å²) in [5.41, 5.74) is 0.649. The van der Waals surface area contributed by atoms with Gasteiger partial charge in [-0.05, 0) is 49.1 Å². The van der Waals surface area contributed by atoms with E-state index in [-0.39, 0.29) is 28.2 Å². The van der Waals surface area contributed by atoms with Crippen LogP contribution in [0.5, 0.6) is 5.75 Å². The molecule has 8 heteroatoms. The Morgan fingerprint density at radius 3 is 2.55 bits per heavy atom. The number of hydrogen-bond donors (Lipinski definition) is 2. The molecule has 1 aliphatic carbocycles. The summed E-state index contributed by atoms with van der Waals surface area (Å²) in [7, 11) is -2.45. The van der Waals surface area contributed by atoms with E-state index < -0.39 is 15.9 Å². The molecule has 0 aromatic heterocycles. The first kappa shape index (κ1) is 21.6. The number of sulfonamides is 1. The maximum atomic E-state index is 13.1. The zero-order chi connectivity index (χ0) is 21.0. The molecule has 6 nitrogen and oxygen atoms in total. The molecule has 1 aliphatic rings. The fourth-order valence-corrected chi connectivity index (χ4v) is 5.30. The van der Waals surface area contributed by atoms with E-state index in [1.54, 1.807) is 24.3 Å². The summed E-state index contributed by atoms with van der Waals surface area (Å²) in [6.07, 6.45) is 3.90. The van der Waals surface area contributed by atoms with Gasteiger partial charge in [-0.2, -0.15) is 0 Å². The van der Waals surface area contributed by atoms with Gasteiger partial charge in [0.05, 0.1) is 17.8 Å². The number of benzene rings is 2. The molecule has 0 bridgehead atoms. The molecular weight excluding hydrogens is 412 g/mol. The number of rotatable bonds is 6. The van der Waals surface area contributed by atoms with Crippen LogP contribution < -0.4 is 14.8 Å². The molecule has 1 fully saturated rings. The molecule has 29 heavy (non-hydrogen) atoms. The Bertz CT molecular complexity index is 994. The zero-order valence-electron chi connectivity index (χ0n) is 16.4. The summed E-state index contributed by atoms with van der Waals surface area (Å²) in [4.78, 5) is 12.6. The minimum atomic E-state index is -3.85. The Labute approximate surface area is 176 Å². The number of amides is 1. The Hall–Kier alpha value is -2.09. The topological polar surface area (TPSA) is 84.5 Å². The molecule has 156 valence electrons. The van der Waals surface area contributed by atoms with Gasteiger partial charge in [-0.15, -0.1) is 0 Å². The van der Waals surface area contributed by atoms with Crippen LogP contribution in [0.3, 0.4) is 0 Å². The number of anilines is 1. The molecule has 2 N–H and O–H groups in total. The van der Waals surface area contributed by atoms with Crippen LogP contribution in [0.2, 0.25) is 5.02 Å². The van der Waals surface area contributed by atoms with E-state index in [4.69, 9.17) is 16.3 Å². The second kappa shape index (κ2) is 9.15. The highest BCUT2D eigenvalue weighted by Gasteiger charge is 2.29. The van der Waals surface area contributed by atoms with E-state index in [9.17, 15) is 13.2 Å². The van der Waals surface area contributed by atoms with Crippen LogP contribution in [0.4, 0.5) is 5.69 Å². The van der Waals surface area contributed by atoms with Crippen LogP contribution in [0.1, 0.15) is 43.0 Å². The number of carbonyl (C=O) groups excluding carboxylic acids is 1. The van der Waals surface area contributed by atoms with Gasteiger partial charge >= 0.3 is 0 Å². The van der Waals surface area contributed by atoms with Gasteiger partial charge in [0.2, 0.25) is 10.0 Å². The highest BCUT2D eigenvalue weighted by molar-refractivity contribution is 7.89. The van der Waals surface area contributed by atoms with Crippen molar-refractivity contribution in [3.63, 3.8) is 0 Å². The van der Waals surface area contributed by atoms with Crippen LogP contribution in [0.25, 0.3) is 0 Å². The molecule has 2 unspecified atom stereocenters. The van der Waals surface area contributed by atoms with Gasteiger partial charge in [-0.3, -0.25) is 4.79 Å². The minimum Gasteiger partial charge on any atom is -0.495 e. The predicted octanol–water partition coefficient (Wildman–Crippen LogP) is 4.46. The number of para-hydroxylation sites is 1. The quantitative estimate of drug-likeness (QED) is 0.700. The summed E-state index contributed by atoms with van der Waals surface area (Å²) >= 11 is 6.09. The van der Waals surface area contributed by atoms with Gasteiger partial charge in [0, 0.05) is 11.6 Å². The first-order valence-electron chi connectivity index (χ1n) is 9.58. The Morgan fingerprint density at radius 1 is 1.14 bits per heavy atom. The maximum absolute atomic E-state index is 13.1. The number of carbonyl (C=O) groups is 1. The molecule has 1 amide bonds. The number of nitrogens with one attached hydrogen (secondary N) is 2. The second-order valence-electron chi connectivity index (χ2n) is 7.29. The summed E-state index contributed by atoms with van der Waals surface area (Å²) in [5, 5.41) is 3.10. The molecule has 1 saturated carbocycles. The van der Waals surface area contributed by atoms with Gasteiger partial charge in [0.25, 0.3) is 5.91 Å². The highest BCUT2D eigenvalue weighted by atomic mass is 35.5. The van der Waals surface area contributed by atoms with Crippen LogP contribution in [0.15, 0.2) is 47.4 Å². The van der Waals surface area contributed by atoms with Crippen LogP contribution in [0, 0.1) is 5.92 Å². The van der Waals surface area contributed by atoms with Gasteiger partial charge in [0.1, 0.15) is 10.6 Å². The largest absolute Gasteiger partial charge is 0.495 e. The summed E-state index contributed by atoms with van der Waals surface area (Å²) in [5.74, 6) is -0.00489. The molecule has 2 atom stereocenters. The third-order valence-corrected chi connectivity index (χ3v) is 7.10. The lowest BCUT2D eigenvalue weighted by Gasteiger charge is -2.29. The lowest BCUT2D eigenvalue weighted by atomic mass is 9.87. The number of methoxy groups -OCH3 is 1. The van der Waals surface area contributed by atoms with E-state index >= 15 is 0 Å². The van der Waals surface area contributed by atoms with E-state index in [1.165, 1.54) is 25.3 Å².